The third-order valence-corrected chi connectivity index (χ3v) is 2.29. The number of rotatable bonds is 5. The van der Waals surface area contributed by atoms with Crippen LogP contribution >= 0.6 is 11.6 Å². The number of carbonyl (C=O) groups is 1. The summed E-state index contributed by atoms with van der Waals surface area (Å²) in [5, 5.41) is 10.6. The number of nitrogens with zero attached hydrogens (tertiary/aromatic N) is 1. The molecule has 0 aliphatic heterocycles. The molecule has 0 aliphatic carbocycles. The van der Waals surface area contributed by atoms with E-state index in [2.05, 4.69) is 6.58 Å². The highest BCUT2D eigenvalue weighted by atomic mass is 35.5. The number of carbonyl (C=O) groups excluding carboxylic acids is 1. The van der Waals surface area contributed by atoms with Crippen LogP contribution in [0.4, 0.5) is 5.69 Å². The maximum Gasteiger partial charge on any atom is 0.288 e. The zero-order chi connectivity index (χ0) is 13.9. The fourth-order valence-corrected chi connectivity index (χ4v) is 1.42. The number of nitrogens with two attached hydrogens (primary N) is 1. The zero-order valence-electron chi connectivity index (χ0n) is 9.60. The first-order chi connectivity index (χ1) is 8.32. The summed E-state index contributed by atoms with van der Waals surface area (Å²) < 4.78 is 5.27. The van der Waals surface area contributed by atoms with Crippen LogP contribution < -0.4 is 10.5 Å². The Labute approximate surface area is 108 Å². The van der Waals surface area contributed by atoms with Gasteiger partial charge in [0.15, 0.2) is 0 Å². The fraction of sp³-hybridized carbons (Fsp3) is 0.182. The van der Waals surface area contributed by atoms with Crippen LogP contribution in [0.5, 0.6) is 5.75 Å². The van der Waals surface area contributed by atoms with Gasteiger partial charge in [0, 0.05) is 12.1 Å². The Morgan fingerprint density at radius 3 is 2.67 bits per heavy atom. The molecular formula is C11H11ClN2O4. The summed E-state index contributed by atoms with van der Waals surface area (Å²) in [6.07, 6.45) is 0. The molecule has 1 amide bonds. The van der Waals surface area contributed by atoms with Gasteiger partial charge in [-0.3, -0.25) is 14.9 Å². The van der Waals surface area contributed by atoms with Gasteiger partial charge in [0.2, 0.25) is 0 Å². The monoisotopic (exact) mass is 270 g/mol. The standard InChI is InChI=1S/C11H11ClN2O4/c1-6(2)5-18-10-4-8(12)9(14(16)17)3-7(10)11(13)15/h3-4H,1,5H2,2H3,(H2,13,15). The van der Waals surface area contributed by atoms with Gasteiger partial charge in [-0.15, -0.1) is 0 Å². The minimum atomic E-state index is -0.827. The second-order valence-corrected chi connectivity index (χ2v) is 4.07. The maximum atomic E-state index is 11.2. The summed E-state index contributed by atoms with van der Waals surface area (Å²) in [6, 6.07) is 2.20. The van der Waals surface area contributed by atoms with Gasteiger partial charge in [0.05, 0.1) is 10.5 Å². The molecule has 1 aromatic carbocycles. The Balaban J connectivity index is 3.24. The fourth-order valence-electron chi connectivity index (χ4n) is 1.20. The molecule has 0 fully saturated rings. The zero-order valence-corrected chi connectivity index (χ0v) is 10.4. The van der Waals surface area contributed by atoms with Gasteiger partial charge in [-0.05, 0) is 12.5 Å². The van der Waals surface area contributed by atoms with Crippen LogP contribution in [0.1, 0.15) is 17.3 Å². The predicted octanol–water partition coefficient (Wildman–Crippen LogP) is 2.30. The van der Waals surface area contributed by atoms with Gasteiger partial charge >= 0.3 is 0 Å². The molecule has 2 N–H and O–H groups in total. The first-order valence-electron chi connectivity index (χ1n) is 4.88. The van der Waals surface area contributed by atoms with Crippen molar-refractivity contribution in [3.8, 4) is 5.75 Å². The molecule has 0 aliphatic rings. The lowest BCUT2D eigenvalue weighted by atomic mass is 10.1. The summed E-state index contributed by atoms with van der Waals surface area (Å²) in [5.74, 6) is -0.729. The predicted molar refractivity (Wildman–Crippen MR) is 66.9 cm³/mol. The van der Waals surface area contributed by atoms with Crippen molar-refractivity contribution in [3.63, 3.8) is 0 Å². The van der Waals surface area contributed by atoms with E-state index in [4.69, 9.17) is 22.1 Å². The van der Waals surface area contributed by atoms with Gasteiger partial charge in [-0.2, -0.15) is 0 Å². The van der Waals surface area contributed by atoms with Crippen molar-refractivity contribution in [1.29, 1.82) is 0 Å². The molecule has 96 valence electrons. The highest BCUT2D eigenvalue weighted by Gasteiger charge is 2.20. The normalized spacial score (nSPS) is 9.89. The molecule has 0 radical (unpaired) electrons. The van der Waals surface area contributed by atoms with Crippen LogP contribution in [0.2, 0.25) is 5.02 Å². The summed E-state index contributed by atoms with van der Waals surface area (Å²) in [5.41, 5.74) is 5.37. The van der Waals surface area contributed by atoms with E-state index in [1.54, 1.807) is 6.92 Å². The van der Waals surface area contributed by atoms with Crippen LogP contribution in [-0.4, -0.2) is 17.4 Å². The highest BCUT2D eigenvalue weighted by molar-refractivity contribution is 6.33. The van der Waals surface area contributed by atoms with Crippen molar-refractivity contribution in [2.45, 2.75) is 6.92 Å². The Kier molecular flexibility index (Phi) is 4.28. The summed E-state index contributed by atoms with van der Waals surface area (Å²) in [4.78, 5) is 21.2. The number of benzene rings is 1. The molecule has 0 aromatic heterocycles. The third-order valence-electron chi connectivity index (χ3n) is 1.99. The van der Waals surface area contributed by atoms with E-state index in [1.165, 1.54) is 6.07 Å². The molecule has 7 heteroatoms. The van der Waals surface area contributed by atoms with Crippen molar-refractivity contribution in [2.24, 2.45) is 5.73 Å². The lowest BCUT2D eigenvalue weighted by molar-refractivity contribution is -0.384. The molecule has 0 heterocycles. The minimum absolute atomic E-state index is 0.0904. The SMILES string of the molecule is C=C(C)COc1cc(Cl)c([N+](=O)[O-])cc1C(N)=O. The number of nitro benzene ring substituents is 1. The van der Waals surface area contributed by atoms with E-state index in [-0.39, 0.29) is 22.9 Å². The van der Waals surface area contributed by atoms with Gasteiger partial charge in [-0.1, -0.05) is 18.2 Å². The largest absolute Gasteiger partial charge is 0.488 e. The van der Waals surface area contributed by atoms with Crippen molar-refractivity contribution >= 4 is 23.2 Å². The van der Waals surface area contributed by atoms with Gasteiger partial charge in [0.1, 0.15) is 17.4 Å². The van der Waals surface area contributed by atoms with Crippen molar-refractivity contribution in [2.75, 3.05) is 6.61 Å². The molecular weight excluding hydrogens is 260 g/mol. The second kappa shape index (κ2) is 5.50. The van der Waals surface area contributed by atoms with E-state index in [1.807, 2.05) is 0 Å². The second-order valence-electron chi connectivity index (χ2n) is 3.67. The Bertz CT molecular complexity index is 528. The molecule has 0 atom stereocenters. The van der Waals surface area contributed by atoms with Crippen molar-refractivity contribution in [1.82, 2.24) is 0 Å². The average Bonchev–Trinajstić information content (AvgIpc) is 2.25. The minimum Gasteiger partial charge on any atom is -0.488 e. The van der Waals surface area contributed by atoms with E-state index >= 15 is 0 Å². The number of hydrogen-bond donors (Lipinski definition) is 1. The van der Waals surface area contributed by atoms with Crippen LogP contribution in [0.15, 0.2) is 24.3 Å². The average molecular weight is 271 g/mol. The quantitative estimate of drug-likeness (QED) is 0.504. The summed E-state index contributed by atoms with van der Waals surface area (Å²) in [7, 11) is 0. The van der Waals surface area contributed by atoms with Crippen LogP contribution in [0, 0.1) is 10.1 Å². The van der Waals surface area contributed by atoms with E-state index < -0.39 is 16.5 Å². The van der Waals surface area contributed by atoms with Gasteiger partial charge in [-0.25, -0.2) is 0 Å². The summed E-state index contributed by atoms with van der Waals surface area (Å²) in [6.45, 7) is 5.52. The number of halogens is 1. The molecule has 18 heavy (non-hydrogen) atoms. The van der Waals surface area contributed by atoms with Crippen LogP contribution in [0.3, 0.4) is 0 Å². The molecule has 0 spiro atoms. The smallest absolute Gasteiger partial charge is 0.288 e. The molecule has 6 nitrogen and oxygen atoms in total. The molecule has 0 saturated carbocycles. The van der Waals surface area contributed by atoms with Crippen LogP contribution in [0.25, 0.3) is 0 Å². The lowest BCUT2D eigenvalue weighted by Gasteiger charge is -2.10. The first-order valence-corrected chi connectivity index (χ1v) is 5.25. The molecule has 0 unspecified atom stereocenters. The highest BCUT2D eigenvalue weighted by Crippen LogP contribution is 2.32. The Morgan fingerprint density at radius 2 is 2.22 bits per heavy atom. The number of hydrogen-bond acceptors (Lipinski definition) is 4. The topological polar surface area (TPSA) is 95.5 Å². The van der Waals surface area contributed by atoms with Crippen LogP contribution in [-0.2, 0) is 0 Å². The number of amides is 1. The lowest BCUT2D eigenvalue weighted by Crippen LogP contribution is -2.14. The summed E-state index contributed by atoms with van der Waals surface area (Å²) >= 11 is 5.72. The Hall–Kier alpha value is -2.08. The number of ether oxygens (including phenoxy) is 1. The molecule has 0 bridgehead atoms. The van der Waals surface area contributed by atoms with Gasteiger partial charge in [0.25, 0.3) is 11.6 Å². The van der Waals surface area contributed by atoms with E-state index in [0.717, 1.165) is 11.6 Å². The third kappa shape index (κ3) is 3.21. The number of primary amides is 1. The Morgan fingerprint density at radius 1 is 1.61 bits per heavy atom. The number of nitro groups is 1. The maximum absolute atomic E-state index is 11.2. The first kappa shape index (κ1) is 14.0. The van der Waals surface area contributed by atoms with E-state index in [0.29, 0.717) is 0 Å². The molecule has 1 aromatic rings. The molecule has 1 rings (SSSR count). The van der Waals surface area contributed by atoms with E-state index in [9.17, 15) is 14.9 Å². The molecule has 0 saturated heterocycles. The van der Waals surface area contributed by atoms with Crippen molar-refractivity contribution in [3.05, 3.63) is 45.0 Å². The van der Waals surface area contributed by atoms with Gasteiger partial charge < -0.3 is 10.5 Å². The van der Waals surface area contributed by atoms with Crippen molar-refractivity contribution < 1.29 is 14.5 Å².